The van der Waals surface area contributed by atoms with Gasteiger partial charge in [0.05, 0.1) is 5.69 Å². The Labute approximate surface area is 131 Å². The first-order valence-electron chi connectivity index (χ1n) is 6.55. The average Bonchev–Trinajstić information content (AvgIpc) is 2.44. The Balaban J connectivity index is 2.90. The fraction of sp³-hybridized carbons (Fsp3) is 0.267. The van der Waals surface area contributed by atoms with Crippen LogP contribution in [-0.4, -0.2) is 23.4 Å². The minimum atomic E-state index is -6.04. The van der Waals surface area contributed by atoms with Crippen LogP contribution in [-0.2, 0) is 10.4 Å². The van der Waals surface area contributed by atoms with Crippen molar-refractivity contribution in [3.8, 4) is 0 Å². The lowest BCUT2D eigenvalue weighted by Gasteiger charge is -2.34. The Morgan fingerprint density at radius 3 is 2.00 bits per heavy atom. The van der Waals surface area contributed by atoms with Gasteiger partial charge < -0.3 is 10.4 Å². The third-order valence-electron chi connectivity index (χ3n) is 3.44. The van der Waals surface area contributed by atoms with Crippen LogP contribution >= 0.6 is 0 Å². The van der Waals surface area contributed by atoms with Gasteiger partial charge in [-0.3, -0.25) is 4.79 Å². The smallest absolute Gasteiger partial charge is 0.369 e. The van der Waals surface area contributed by atoms with Crippen molar-refractivity contribution in [3.05, 3.63) is 42.0 Å². The van der Waals surface area contributed by atoms with E-state index in [0.29, 0.717) is 11.5 Å². The van der Waals surface area contributed by atoms with E-state index in [0.717, 1.165) is 13.0 Å². The fourth-order valence-electron chi connectivity index (χ4n) is 2.35. The second-order valence-corrected chi connectivity index (χ2v) is 5.10. The zero-order valence-corrected chi connectivity index (χ0v) is 12.1. The zero-order chi connectivity index (χ0) is 18.3. The van der Waals surface area contributed by atoms with Gasteiger partial charge in [0.1, 0.15) is 0 Å². The number of hydrogen-bond donors (Lipinski definition) is 2. The summed E-state index contributed by atoms with van der Waals surface area (Å²) >= 11 is 0. The monoisotopic (exact) mass is 351 g/mol. The molecule has 1 amide bonds. The van der Waals surface area contributed by atoms with Gasteiger partial charge in [-0.05, 0) is 5.39 Å². The van der Waals surface area contributed by atoms with Crippen molar-refractivity contribution in [2.45, 2.75) is 24.9 Å². The Hall–Kier alpha value is -2.29. The second-order valence-electron chi connectivity index (χ2n) is 5.10. The molecule has 0 aliphatic carbocycles. The Morgan fingerprint density at radius 1 is 0.958 bits per heavy atom. The lowest BCUT2D eigenvalue weighted by Crippen LogP contribution is -2.54. The number of alkyl halides is 6. The number of amides is 1. The first-order valence-corrected chi connectivity index (χ1v) is 6.55. The van der Waals surface area contributed by atoms with E-state index in [2.05, 4.69) is 0 Å². The van der Waals surface area contributed by atoms with Crippen LogP contribution in [0.4, 0.5) is 32.0 Å². The molecular weight excluding hydrogens is 340 g/mol. The molecule has 0 bridgehead atoms. The van der Waals surface area contributed by atoms with E-state index in [-0.39, 0.29) is 5.39 Å². The van der Waals surface area contributed by atoms with Crippen LogP contribution in [0, 0.1) is 0 Å². The van der Waals surface area contributed by atoms with E-state index in [4.69, 9.17) is 0 Å². The van der Waals surface area contributed by atoms with Crippen LogP contribution in [0.2, 0.25) is 0 Å². The molecule has 0 unspecified atom stereocenters. The van der Waals surface area contributed by atoms with Gasteiger partial charge in [-0.25, -0.2) is 0 Å². The first-order chi connectivity index (χ1) is 10.9. The second kappa shape index (κ2) is 5.66. The topological polar surface area (TPSA) is 49.3 Å². The average molecular weight is 351 g/mol. The zero-order valence-electron chi connectivity index (χ0n) is 12.1. The summed E-state index contributed by atoms with van der Waals surface area (Å²) in [7, 11) is 0. The van der Waals surface area contributed by atoms with Crippen LogP contribution in [0.15, 0.2) is 36.4 Å². The summed E-state index contributed by atoms with van der Waals surface area (Å²) in [5.74, 6) is -0.876. The van der Waals surface area contributed by atoms with Gasteiger partial charge in [0.2, 0.25) is 5.91 Å². The highest BCUT2D eigenvalue weighted by Crippen LogP contribution is 2.52. The normalized spacial score (nSPS) is 13.2. The highest BCUT2D eigenvalue weighted by molar-refractivity contribution is 6.03. The largest absolute Gasteiger partial charge is 0.430 e. The van der Waals surface area contributed by atoms with Gasteiger partial charge in [0, 0.05) is 17.9 Å². The number of carbonyl (C=O) groups excluding carboxylic acids is 1. The van der Waals surface area contributed by atoms with Crippen molar-refractivity contribution < 1.29 is 36.2 Å². The molecule has 0 aromatic heterocycles. The summed E-state index contributed by atoms with van der Waals surface area (Å²) in [6, 6.07) is 7.13. The number of anilines is 1. The number of carbonyl (C=O) groups is 1. The van der Waals surface area contributed by atoms with Crippen LogP contribution in [0.1, 0.15) is 12.5 Å². The lowest BCUT2D eigenvalue weighted by atomic mass is 9.88. The summed E-state index contributed by atoms with van der Waals surface area (Å²) in [5, 5.41) is 11.8. The highest BCUT2D eigenvalue weighted by atomic mass is 19.4. The standard InChI is InChI=1S/C15H11F6NO2/c1-8(23)22-12-10-5-3-2-4-9(10)6-7-11(12)13(24,14(16,17)18)15(19,20)21/h2-7,24H,1H3,(H,22,23). The maximum Gasteiger partial charge on any atom is 0.430 e. The molecule has 24 heavy (non-hydrogen) atoms. The molecule has 2 rings (SSSR count). The number of halogens is 6. The van der Waals surface area contributed by atoms with Crippen LogP contribution in [0.25, 0.3) is 10.8 Å². The lowest BCUT2D eigenvalue weighted by molar-refractivity contribution is -0.375. The van der Waals surface area contributed by atoms with E-state index in [1.807, 2.05) is 5.32 Å². The van der Waals surface area contributed by atoms with E-state index in [9.17, 15) is 36.2 Å². The van der Waals surface area contributed by atoms with Gasteiger partial charge in [-0.1, -0.05) is 36.4 Å². The molecule has 2 N–H and O–H groups in total. The maximum absolute atomic E-state index is 13.1. The van der Waals surface area contributed by atoms with Gasteiger partial charge in [0.15, 0.2) is 0 Å². The maximum atomic E-state index is 13.1. The van der Waals surface area contributed by atoms with E-state index < -0.39 is 35.1 Å². The highest BCUT2D eigenvalue weighted by Gasteiger charge is 2.72. The Kier molecular flexibility index (Phi) is 4.26. The number of hydrogen-bond acceptors (Lipinski definition) is 2. The molecule has 0 heterocycles. The molecule has 0 radical (unpaired) electrons. The molecule has 9 heteroatoms. The van der Waals surface area contributed by atoms with Crippen LogP contribution < -0.4 is 5.32 Å². The molecule has 2 aromatic carbocycles. The molecule has 0 aliphatic rings. The van der Waals surface area contributed by atoms with Crippen molar-refractivity contribution in [3.63, 3.8) is 0 Å². The summed E-state index contributed by atoms with van der Waals surface area (Å²) in [4.78, 5) is 11.3. The van der Waals surface area contributed by atoms with E-state index >= 15 is 0 Å². The third kappa shape index (κ3) is 2.79. The molecular formula is C15H11F6NO2. The molecule has 0 saturated heterocycles. The SMILES string of the molecule is CC(=O)Nc1c(C(O)(C(F)(F)F)C(F)(F)F)ccc2ccccc12. The summed E-state index contributed by atoms with van der Waals surface area (Å²) in [6.45, 7) is 0.936. The number of fused-ring (bicyclic) bond motifs is 1. The fourth-order valence-corrected chi connectivity index (χ4v) is 2.35. The predicted octanol–water partition coefficient (Wildman–Crippen LogP) is 4.11. The van der Waals surface area contributed by atoms with Crippen LogP contribution in [0.3, 0.4) is 0 Å². The molecule has 0 spiro atoms. The summed E-state index contributed by atoms with van der Waals surface area (Å²) in [5.41, 5.74) is -7.35. The van der Waals surface area contributed by atoms with Gasteiger partial charge in [-0.15, -0.1) is 0 Å². The summed E-state index contributed by atoms with van der Waals surface area (Å²) in [6.07, 6.45) is -12.1. The quantitative estimate of drug-likeness (QED) is 0.800. The number of aliphatic hydroxyl groups is 1. The van der Waals surface area contributed by atoms with Crippen molar-refractivity contribution in [1.29, 1.82) is 0 Å². The van der Waals surface area contributed by atoms with Gasteiger partial charge >= 0.3 is 12.4 Å². The van der Waals surface area contributed by atoms with Gasteiger partial charge in [-0.2, -0.15) is 26.3 Å². The summed E-state index contributed by atoms with van der Waals surface area (Å²) < 4.78 is 78.7. The Bertz CT molecular complexity index is 768. The van der Waals surface area contributed by atoms with Crippen molar-refractivity contribution >= 4 is 22.4 Å². The molecule has 3 nitrogen and oxygen atoms in total. The number of rotatable bonds is 2. The molecule has 0 aliphatic heterocycles. The molecule has 130 valence electrons. The number of benzene rings is 2. The molecule has 0 saturated carbocycles. The minimum absolute atomic E-state index is 0.0582. The van der Waals surface area contributed by atoms with Crippen molar-refractivity contribution in [2.75, 3.05) is 5.32 Å². The Morgan fingerprint density at radius 2 is 1.50 bits per heavy atom. The van der Waals surface area contributed by atoms with E-state index in [1.54, 1.807) is 0 Å². The first kappa shape index (κ1) is 18.1. The van der Waals surface area contributed by atoms with Crippen molar-refractivity contribution in [1.82, 2.24) is 0 Å². The predicted molar refractivity (Wildman–Crippen MR) is 74.3 cm³/mol. The molecule has 0 atom stereocenters. The number of nitrogens with one attached hydrogen (secondary N) is 1. The van der Waals surface area contributed by atoms with Gasteiger partial charge in [0.25, 0.3) is 5.60 Å². The molecule has 0 fully saturated rings. The van der Waals surface area contributed by atoms with E-state index in [1.165, 1.54) is 24.3 Å². The molecule has 2 aromatic rings. The van der Waals surface area contributed by atoms with Crippen LogP contribution in [0.5, 0.6) is 0 Å². The van der Waals surface area contributed by atoms with Crippen molar-refractivity contribution in [2.24, 2.45) is 0 Å². The minimum Gasteiger partial charge on any atom is -0.369 e. The third-order valence-corrected chi connectivity index (χ3v) is 3.44.